The summed E-state index contributed by atoms with van der Waals surface area (Å²) in [6, 6.07) is 9.35. The number of carbonyl (C=O) groups is 2. The van der Waals surface area contributed by atoms with Crippen LogP contribution in [-0.4, -0.2) is 36.6 Å². The second kappa shape index (κ2) is 7.24. The highest BCUT2D eigenvalue weighted by molar-refractivity contribution is 9.10. The third kappa shape index (κ3) is 3.99. The van der Waals surface area contributed by atoms with Crippen molar-refractivity contribution in [2.24, 2.45) is 0 Å². The number of carboxylic acids is 2. The second-order valence-corrected chi connectivity index (χ2v) is 7.85. The molecule has 0 aromatic heterocycles. The summed E-state index contributed by atoms with van der Waals surface area (Å²) in [7, 11) is -4.16. The van der Waals surface area contributed by atoms with Gasteiger partial charge in [-0.2, -0.15) is 0 Å². The Labute approximate surface area is 152 Å². The zero-order valence-corrected chi connectivity index (χ0v) is 15.4. The molecule has 0 bridgehead atoms. The summed E-state index contributed by atoms with van der Waals surface area (Å²) in [6.07, 6.45) is 0. The first-order valence-corrected chi connectivity index (χ1v) is 9.24. The minimum Gasteiger partial charge on any atom is -0.480 e. The molecule has 0 amide bonds. The Morgan fingerprint density at radius 3 is 1.96 bits per heavy atom. The van der Waals surface area contributed by atoms with Gasteiger partial charge in [0.25, 0.3) is 10.0 Å². The van der Waals surface area contributed by atoms with Gasteiger partial charge in [-0.15, -0.1) is 0 Å². The van der Waals surface area contributed by atoms with Gasteiger partial charge in [0.1, 0.15) is 6.04 Å². The molecule has 2 aromatic carbocycles. The Morgan fingerprint density at radius 2 is 1.52 bits per heavy atom. The highest BCUT2D eigenvalue weighted by atomic mass is 79.9. The normalized spacial score (nSPS) is 12.4. The molecule has 0 fully saturated rings. The van der Waals surface area contributed by atoms with Crippen molar-refractivity contribution in [3.05, 3.63) is 58.6 Å². The summed E-state index contributed by atoms with van der Waals surface area (Å²) in [6.45, 7) is 1.24. The van der Waals surface area contributed by atoms with Crippen molar-refractivity contribution in [1.29, 1.82) is 0 Å². The van der Waals surface area contributed by atoms with Crippen LogP contribution in [0, 0.1) is 0 Å². The van der Waals surface area contributed by atoms with E-state index in [2.05, 4.69) is 15.9 Å². The van der Waals surface area contributed by atoms with Crippen molar-refractivity contribution in [1.82, 2.24) is 0 Å². The van der Waals surface area contributed by atoms with Gasteiger partial charge in [-0.3, -0.25) is 4.31 Å². The number of halogens is 1. The van der Waals surface area contributed by atoms with Crippen LogP contribution in [0.3, 0.4) is 0 Å². The molecule has 132 valence electrons. The molecule has 0 radical (unpaired) electrons. The molecule has 0 aliphatic heterocycles. The van der Waals surface area contributed by atoms with Gasteiger partial charge in [0.15, 0.2) is 0 Å². The molecule has 2 rings (SSSR count). The van der Waals surface area contributed by atoms with Gasteiger partial charge < -0.3 is 10.2 Å². The molecule has 7 nitrogen and oxygen atoms in total. The second-order valence-electron chi connectivity index (χ2n) is 5.12. The predicted octanol–water partition coefficient (Wildman–Crippen LogP) is 2.82. The molecule has 0 aliphatic carbocycles. The van der Waals surface area contributed by atoms with Crippen LogP contribution < -0.4 is 4.31 Å². The van der Waals surface area contributed by atoms with Crippen molar-refractivity contribution in [2.45, 2.75) is 17.9 Å². The van der Waals surface area contributed by atoms with E-state index in [-0.39, 0.29) is 16.1 Å². The lowest BCUT2D eigenvalue weighted by Gasteiger charge is -2.28. The lowest BCUT2D eigenvalue weighted by molar-refractivity contribution is -0.137. The van der Waals surface area contributed by atoms with E-state index in [1.807, 2.05) is 0 Å². The van der Waals surface area contributed by atoms with Crippen LogP contribution >= 0.6 is 15.9 Å². The van der Waals surface area contributed by atoms with Crippen molar-refractivity contribution in [2.75, 3.05) is 4.31 Å². The SMILES string of the molecule is CC(C(=O)O)N(c1ccc(C(=O)O)cc1)S(=O)(=O)c1ccc(Br)cc1. The maximum Gasteiger partial charge on any atom is 0.335 e. The van der Waals surface area contributed by atoms with E-state index in [9.17, 15) is 23.1 Å². The van der Waals surface area contributed by atoms with E-state index in [4.69, 9.17) is 5.11 Å². The summed E-state index contributed by atoms with van der Waals surface area (Å²) in [4.78, 5) is 22.3. The molecule has 1 atom stereocenters. The zero-order valence-electron chi connectivity index (χ0n) is 13.0. The van der Waals surface area contributed by atoms with Crippen LogP contribution in [0.4, 0.5) is 5.69 Å². The Hall–Kier alpha value is -2.39. The van der Waals surface area contributed by atoms with E-state index < -0.39 is 28.0 Å². The van der Waals surface area contributed by atoms with Crippen LogP contribution in [0.15, 0.2) is 57.9 Å². The molecule has 0 spiro atoms. The highest BCUT2D eigenvalue weighted by Crippen LogP contribution is 2.27. The van der Waals surface area contributed by atoms with Crippen LogP contribution in [0.1, 0.15) is 17.3 Å². The van der Waals surface area contributed by atoms with E-state index in [1.165, 1.54) is 55.5 Å². The fourth-order valence-corrected chi connectivity index (χ4v) is 4.02. The monoisotopic (exact) mass is 427 g/mol. The topological polar surface area (TPSA) is 112 Å². The lowest BCUT2D eigenvalue weighted by Crippen LogP contribution is -2.43. The minimum atomic E-state index is -4.16. The van der Waals surface area contributed by atoms with Crippen LogP contribution in [0.5, 0.6) is 0 Å². The Morgan fingerprint density at radius 1 is 1.00 bits per heavy atom. The van der Waals surface area contributed by atoms with E-state index >= 15 is 0 Å². The van der Waals surface area contributed by atoms with Crippen molar-refractivity contribution < 1.29 is 28.2 Å². The summed E-state index contributed by atoms with van der Waals surface area (Å²) < 4.78 is 27.3. The molecule has 25 heavy (non-hydrogen) atoms. The van der Waals surface area contributed by atoms with Gasteiger partial charge in [-0.05, 0) is 55.5 Å². The summed E-state index contributed by atoms with van der Waals surface area (Å²) in [5, 5.41) is 18.2. The minimum absolute atomic E-state index is 0.0345. The van der Waals surface area contributed by atoms with E-state index in [0.717, 1.165) is 4.31 Å². The maximum atomic E-state index is 12.9. The standard InChI is InChI=1S/C16H14BrNO6S/c1-10(15(19)20)18(13-6-2-11(3-7-13)16(21)22)25(23,24)14-8-4-12(17)5-9-14/h2-10H,1H3,(H,19,20)(H,21,22). The first-order chi connectivity index (χ1) is 11.6. The first-order valence-electron chi connectivity index (χ1n) is 7.01. The largest absolute Gasteiger partial charge is 0.480 e. The number of hydrogen-bond acceptors (Lipinski definition) is 4. The predicted molar refractivity (Wildman–Crippen MR) is 94.3 cm³/mol. The van der Waals surface area contributed by atoms with Gasteiger partial charge in [0, 0.05) is 4.47 Å². The average Bonchev–Trinajstić information content (AvgIpc) is 2.55. The van der Waals surface area contributed by atoms with Crippen LogP contribution in [0.2, 0.25) is 0 Å². The number of nitrogens with zero attached hydrogens (tertiary/aromatic N) is 1. The number of hydrogen-bond donors (Lipinski definition) is 2. The number of sulfonamides is 1. The quantitative estimate of drug-likeness (QED) is 0.732. The Bertz CT molecular complexity index is 893. The van der Waals surface area contributed by atoms with Gasteiger partial charge in [0.2, 0.25) is 0 Å². The third-order valence-electron chi connectivity index (χ3n) is 3.45. The van der Waals surface area contributed by atoms with Crippen molar-refractivity contribution in [3.8, 4) is 0 Å². The lowest BCUT2D eigenvalue weighted by atomic mass is 10.2. The number of aliphatic carboxylic acids is 1. The molecule has 1 unspecified atom stereocenters. The zero-order chi connectivity index (χ0) is 18.8. The van der Waals surface area contributed by atoms with Crippen LogP contribution in [0.25, 0.3) is 0 Å². The average molecular weight is 428 g/mol. The molecule has 9 heteroatoms. The number of benzene rings is 2. The fraction of sp³-hybridized carbons (Fsp3) is 0.125. The van der Waals surface area contributed by atoms with Gasteiger partial charge in [0.05, 0.1) is 16.1 Å². The summed E-state index contributed by atoms with van der Waals surface area (Å²) >= 11 is 3.21. The Balaban J connectivity index is 2.58. The molecule has 0 aliphatic rings. The molecular formula is C16H14BrNO6S. The van der Waals surface area contributed by atoms with E-state index in [1.54, 1.807) is 0 Å². The molecule has 0 saturated heterocycles. The molecule has 2 aromatic rings. The molecular weight excluding hydrogens is 414 g/mol. The van der Waals surface area contributed by atoms with Crippen molar-refractivity contribution >= 4 is 43.6 Å². The fourth-order valence-electron chi connectivity index (χ4n) is 2.14. The molecule has 0 heterocycles. The molecule has 0 saturated carbocycles. The summed E-state index contributed by atoms with van der Waals surface area (Å²) in [5.74, 6) is -2.50. The smallest absolute Gasteiger partial charge is 0.335 e. The van der Waals surface area contributed by atoms with Gasteiger partial charge in [-0.1, -0.05) is 15.9 Å². The van der Waals surface area contributed by atoms with Crippen molar-refractivity contribution in [3.63, 3.8) is 0 Å². The number of carboxylic acid groups (broad SMARTS) is 2. The van der Waals surface area contributed by atoms with E-state index in [0.29, 0.717) is 4.47 Å². The molecule has 2 N–H and O–H groups in total. The number of anilines is 1. The van der Waals surface area contributed by atoms with Crippen LogP contribution in [-0.2, 0) is 14.8 Å². The first kappa shape index (κ1) is 18.9. The highest BCUT2D eigenvalue weighted by Gasteiger charge is 2.33. The Kier molecular flexibility index (Phi) is 5.48. The maximum absolute atomic E-state index is 12.9. The van der Waals surface area contributed by atoms with Gasteiger partial charge >= 0.3 is 11.9 Å². The number of rotatable bonds is 6. The summed E-state index contributed by atoms with van der Waals surface area (Å²) in [5.41, 5.74) is 0.0236. The number of aromatic carboxylic acids is 1. The van der Waals surface area contributed by atoms with Gasteiger partial charge in [-0.25, -0.2) is 18.0 Å². The third-order valence-corrected chi connectivity index (χ3v) is 5.89.